The van der Waals surface area contributed by atoms with Gasteiger partial charge in [-0.05, 0) is 30.9 Å². The summed E-state index contributed by atoms with van der Waals surface area (Å²) >= 11 is 0. The molecule has 4 N–H and O–H groups in total. The normalized spacial score (nSPS) is 19.9. The lowest BCUT2D eigenvalue weighted by molar-refractivity contribution is -0.133. The number of imidazole rings is 1. The fourth-order valence-corrected chi connectivity index (χ4v) is 4.11. The Balaban J connectivity index is 1.31. The van der Waals surface area contributed by atoms with Gasteiger partial charge in [-0.2, -0.15) is 5.26 Å². The van der Waals surface area contributed by atoms with Crippen molar-refractivity contribution < 1.29 is 19.2 Å². The first-order chi connectivity index (χ1) is 16.9. The molecule has 0 radical (unpaired) electrons. The maximum atomic E-state index is 12.8. The summed E-state index contributed by atoms with van der Waals surface area (Å²) in [4.78, 5) is 58.5. The summed E-state index contributed by atoms with van der Waals surface area (Å²) in [5.41, 5.74) is 0.880. The largest absolute Gasteiger partial charge is 0.345 e. The second kappa shape index (κ2) is 10.8. The molecule has 1 aliphatic heterocycles. The fourth-order valence-electron chi connectivity index (χ4n) is 4.11. The molecule has 1 saturated carbocycles. The van der Waals surface area contributed by atoms with Crippen LogP contribution in [0.4, 0.5) is 5.69 Å². The Morgan fingerprint density at radius 3 is 2.63 bits per heavy atom. The highest BCUT2D eigenvalue weighted by Crippen LogP contribution is 2.33. The maximum absolute atomic E-state index is 12.8. The Kier molecular flexibility index (Phi) is 7.40. The SMILES string of the molecule is N#CC1CC(C(=O)Nc2ccccc2)CN1C(=O)CNC(=O)C(CC1CC1)NC(=O)c1cnc[nH]1. The molecular formula is C24H27N7O4. The van der Waals surface area contributed by atoms with E-state index in [1.54, 1.807) is 24.3 Å². The fraction of sp³-hybridized carbons (Fsp3) is 0.417. The first-order valence-electron chi connectivity index (χ1n) is 11.6. The Bertz CT molecular complexity index is 1110. The third-order valence-electron chi connectivity index (χ3n) is 6.23. The summed E-state index contributed by atoms with van der Waals surface area (Å²) in [7, 11) is 0. The highest BCUT2D eigenvalue weighted by Gasteiger charge is 2.39. The molecule has 1 saturated heterocycles. The summed E-state index contributed by atoms with van der Waals surface area (Å²) in [5.74, 6) is -1.81. The standard InChI is InChI=1S/C24H27N7O4/c25-10-18-9-16(22(33)29-17-4-2-1-3-5-17)13-31(18)21(32)12-27-23(34)19(8-15-6-7-15)30-24(35)20-11-26-14-28-20/h1-5,11,14-16,18-19H,6-9,12-13H2,(H,26,28)(H,27,34)(H,29,33)(H,30,35). The van der Waals surface area contributed by atoms with Gasteiger partial charge in [-0.25, -0.2) is 4.98 Å². The number of carbonyl (C=O) groups is 4. The van der Waals surface area contributed by atoms with E-state index in [1.165, 1.54) is 17.4 Å². The van der Waals surface area contributed by atoms with Gasteiger partial charge < -0.3 is 25.8 Å². The summed E-state index contributed by atoms with van der Waals surface area (Å²) in [6.07, 6.45) is 5.42. The number of likely N-dealkylation sites (tertiary alicyclic amines) is 1. The summed E-state index contributed by atoms with van der Waals surface area (Å²) < 4.78 is 0. The van der Waals surface area contributed by atoms with Gasteiger partial charge in [0.05, 0.1) is 31.1 Å². The predicted octanol–water partition coefficient (Wildman–Crippen LogP) is 0.804. The zero-order valence-corrected chi connectivity index (χ0v) is 19.1. The van der Waals surface area contributed by atoms with Gasteiger partial charge >= 0.3 is 0 Å². The van der Waals surface area contributed by atoms with Crippen molar-refractivity contribution in [1.82, 2.24) is 25.5 Å². The zero-order chi connectivity index (χ0) is 24.8. The molecule has 1 aromatic carbocycles. The topological polar surface area (TPSA) is 160 Å². The van der Waals surface area contributed by atoms with Crippen LogP contribution in [0.2, 0.25) is 0 Å². The Morgan fingerprint density at radius 1 is 1.20 bits per heavy atom. The number of hydrogen-bond donors (Lipinski definition) is 4. The molecule has 1 aliphatic carbocycles. The number of H-pyrrole nitrogens is 1. The van der Waals surface area contributed by atoms with Crippen molar-refractivity contribution in [3.8, 4) is 6.07 Å². The number of aromatic nitrogens is 2. The quantitative estimate of drug-likeness (QED) is 0.418. The minimum atomic E-state index is -0.791. The summed E-state index contributed by atoms with van der Waals surface area (Å²) in [5, 5.41) is 17.6. The number of para-hydroxylation sites is 1. The lowest BCUT2D eigenvalue weighted by Crippen LogP contribution is -2.50. The van der Waals surface area contributed by atoms with Gasteiger partial charge in [0.25, 0.3) is 5.91 Å². The molecule has 3 unspecified atom stereocenters. The van der Waals surface area contributed by atoms with Crippen LogP contribution >= 0.6 is 0 Å². The highest BCUT2D eigenvalue weighted by molar-refractivity contribution is 5.97. The van der Waals surface area contributed by atoms with Crippen LogP contribution in [-0.2, 0) is 14.4 Å². The Labute approximate surface area is 202 Å². The zero-order valence-electron chi connectivity index (χ0n) is 19.1. The number of hydrogen-bond acceptors (Lipinski definition) is 6. The first-order valence-corrected chi connectivity index (χ1v) is 11.6. The smallest absolute Gasteiger partial charge is 0.269 e. The van der Waals surface area contributed by atoms with Crippen molar-refractivity contribution in [2.24, 2.45) is 11.8 Å². The van der Waals surface area contributed by atoms with Gasteiger partial charge in [0.1, 0.15) is 17.8 Å². The van der Waals surface area contributed by atoms with Gasteiger partial charge in [-0.3, -0.25) is 19.2 Å². The maximum Gasteiger partial charge on any atom is 0.269 e. The monoisotopic (exact) mass is 477 g/mol. The van der Waals surface area contributed by atoms with Crippen molar-refractivity contribution in [2.45, 2.75) is 37.8 Å². The van der Waals surface area contributed by atoms with Crippen molar-refractivity contribution in [1.29, 1.82) is 5.26 Å². The van der Waals surface area contributed by atoms with Gasteiger partial charge in [0.15, 0.2) is 0 Å². The van der Waals surface area contributed by atoms with E-state index in [9.17, 15) is 24.4 Å². The van der Waals surface area contributed by atoms with E-state index in [2.05, 4.69) is 32.0 Å². The van der Waals surface area contributed by atoms with Crippen LogP contribution in [0.5, 0.6) is 0 Å². The molecule has 4 rings (SSSR count). The molecule has 11 nitrogen and oxygen atoms in total. The number of nitriles is 1. The highest BCUT2D eigenvalue weighted by atomic mass is 16.2. The number of aromatic amines is 1. The molecule has 2 heterocycles. The lowest BCUT2D eigenvalue weighted by Gasteiger charge is -2.22. The molecule has 3 atom stereocenters. The first kappa shape index (κ1) is 23.9. The Hall–Kier alpha value is -4.20. The predicted molar refractivity (Wildman–Crippen MR) is 124 cm³/mol. The second-order valence-corrected chi connectivity index (χ2v) is 8.87. The van der Waals surface area contributed by atoms with E-state index in [1.807, 2.05) is 6.07 Å². The Morgan fingerprint density at radius 2 is 1.97 bits per heavy atom. The number of carbonyl (C=O) groups excluding carboxylic acids is 4. The molecule has 0 bridgehead atoms. The van der Waals surface area contributed by atoms with E-state index in [0.29, 0.717) is 18.0 Å². The average Bonchev–Trinajstić information content (AvgIpc) is 3.33. The van der Waals surface area contributed by atoms with Crippen molar-refractivity contribution in [3.05, 3.63) is 48.5 Å². The number of anilines is 1. The van der Waals surface area contributed by atoms with Crippen LogP contribution in [-0.4, -0.2) is 63.7 Å². The lowest BCUT2D eigenvalue weighted by atomic mass is 10.1. The summed E-state index contributed by atoms with van der Waals surface area (Å²) in [6, 6.07) is 9.49. The number of rotatable bonds is 9. The molecule has 11 heteroatoms. The van der Waals surface area contributed by atoms with Gasteiger partial charge in [-0.15, -0.1) is 0 Å². The second-order valence-electron chi connectivity index (χ2n) is 8.87. The third-order valence-corrected chi connectivity index (χ3v) is 6.23. The molecule has 182 valence electrons. The molecule has 4 amide bonds. The summed E-state index contributed by atoms with van der Waals surface area (Å²) in [6.45, 7) is -0.237. The molecule has 2 fully saturated rings. The number of nitrogens with zero attached hydrogens (tertiary/aromatic N) is 3. The van der Waals surface area contributed by atoms with E-state index < -0.39 is 35.7 Å². The average molecular weight is 478 g/mol. The molecule has 1 aromatic heterocycles. The molecular weight excluding hydrogens is 450 g/mol. The van der Waals surface area contributed by atoms with Crippen molar-refractivity contribution >= 4 is 29.3 Å². The molecule has 35 heavy (non-hydrogen) atoms. The van der Waals surface area contributed by atoms with Crippen LogP contribution in [0.3, 0.4) is 0 Å². The van der Waals surface area contributed by atoms with Gasteiger partial charge in [0.2, 0.25) is 17.7 Å². The van der Waals surface area contributed by atoms with Crippen LogP contribution in [0.1, 0.15) is 36.2 Å². The van der Waals surface area contributed by atoms with Crippen molar-refractivity contribution in [3.63, 3.8) is 0 Å². The van der Waals surface area contributed by atoms with Gasteiger partial charge in [-0.1, -0.05) is 31.0 Å². The van der Waals surface area contributed by atoms with Crippen LogP contribution < -0.4 is 16.0 Å². The van der Waals surface area contributed by atoms with Crippen LogP contribution in [0, 0.1) is 23.2 Å². The number of benzene rings is 1. The van der Waals surface area contributed by atoms with Crippen molar-refractivity contribution in [2.75, 3.05) is 18.4 Å². The minimum Gasteiger partial charge on any atom is -0.345 e. The van der Waals surface area contributed by atoms with E-state index >= 15 is 0 Å². The van der Waals surface area contributed by atoms with E-state index in [4.69, 9.17) is 0 Å². The third kappa shape index (κ3) is 6.23. The molecule has 2 aromatic rings. The van der Waals surface area contributed by atoms with E-state index in [-0.39, 0.29) is 31.1 Å². The number of nitrogens with one attached hydrogen (secondary N) is 4. The van der Waals surface area contributed by atoms with Crippen LogP contribution in [0.25, 0.3) is 0 Å². The van der Waals surface area contributed by atoms with E-state index in [0.717, 1.165) is 12.8 Å². The minimum absolute atomic E-state index is 0.0909. The molecule has 2 aliphatic rings. The van der Waals surface area contributed by atoms with Gasteiger partial charge in [0, 0.05) is 12.2 Å². The molecule has 0 spiro atoms. The van der Waals surface area contributed by atoms with Crippen LogP contribution in [0.15, 0.2) is 42.9 Å². The number of amides is 4.